The number of ether oxygens (including phenoxy) is 1. The first-order valence-corrected chi connectivity index (χ1v) is 8.68. The summed E-state index contributed by atoms with van der Waals surface area (Å²) >= 11 is 0. The predicted octanol–water partition coefficient (Wildman–Crippen LogP) is 2.24. The van der Waals surface area contributed by atoms with Crippen LogP contribution >= 0.6 is 0 Å². The Balaban J connectivity index is 2.09. The zero-order valence-electron chi connectivity index (χ0n) is 12.7. The number of halogens is 1. The summed E-state index contributed by atoms with van der Waals surface area (Å²) in [6.45, 7) is -0.588. The van der Waals surface area contributed by atoms with E-state index in [9.17, 15) is 22.4 Å². The lowest BCUT2D eigenvalue weighted by molar-refractivity contribution is 0.0475. The van der Waals surface area contributed by atoms with Crippen molar-refractivity contribution in [3.05, 3.63) is 65.5 Å². The lowest BCUT2D eigenvalue weighted by Gasteiger charge is -2.10. The van der Waals surface area contributed by atoms with Gasteiger partial charge in [0, 0.05) is 5.56 Å². The predicted molar refractivity (Wildman–Crippen MR) is 85.9 cm³/mol. The Bertz CT molecular complexity index is 880. The molecule has 0 aliphatic heterocycles. The van der Waals surface area contributed by atoms with Gasteiger partial charge in [-0.1, -0.05) is 24.3 Å². The fraction of sp³-hybridized carbons (Fsp3) is 0.125. The molecule has 2 aromatic carbocycles. The minimum atomic E-state index is -3.58. The van der Waals surface area contributed by atoms with Crippen LogP contribution in [0.5, 0.6) is 0 Å². The molecule has 0 unspecified atom stereocenters. The summed E-state index contributed by atoms with van der Waals surface area (Å²) in [5.74, 6) is -2.02. The molecule has 0 radical (unpaired) electrons. The van der Waals surface area contributed by atoms with Gasteiger partial charge in [-0.25, -0.2) is 17.6 Å². The molecule has 0 amide bonds. The summed E-state index contributed by atoms with van der Waals surface area (Å²) in [6.07, 6.45) is 0.947. The number of para-hydroxylation sites is 1. The maximum Gasteiger partial charge on any atom is 0.340 e. The van der Waals surface area contributed by atoms with Gasteiger partial charge in [-0.3, -0.25) is 9.52 Å². The second-order valence-electron chi connectivity index (χ2n) is 4.93. The molecule has 2 rings (SSSR count). The number of ketones is 1. The van der Waals surface area contributed by atoms with E-state index < -0.39 is 34.2 Å². The van der Waals surface area contributed by atoms with Gasteiger partial charge in [-0.2, -0.15) is 0 Å². The summed E-state index contributed by atoms with van der Waals surface area (Å²) < 4.78 is 42.8. The molecular formula is C16H14FNO5S. The number of esters is 1. The number of hydrogen-bond acceptors (Lipinski definition) is 5. The zero-order chi connectivity index (χ0) is 17.7. The van der Waals surface area contributed by atoms with Crippen LogP contribution in [0.2, 0.25) is 0 Å². The van der Waals surface area contributed by atoms with E-state index in [1.54, 1.807) is 6.07 Å². The number of nitrogens with one attached hydrogen (secondary N) is 1. The van der Waals surface area contributed by atoms with Gasteiger partial charge in [0.05, 0.1) is 17.5 Å². The van der Waals surface area contributed by atoms with Gasteiger partial charge in [0.25, 0.3) is 0 Å². The normalized spacial score (nSPS) is 10.9. The molecule has 0 aliphatic rings. The molecule has 0 saturated carbocycles. The molecule has 0 saturated heterocycles. The maximum absolute atomic E-state index is 13.1. The fourth-order valence-corrected chi connectivity index (χ4v) is 2.48. The van der Waals surface area contributed by atoms with Gasteiger partial charge in [-0.05, 0) is 24.3 Å². The van der Waals surface area contributed by atoms with Crippen molar-refractivity contribution in [1.29, 1.82) is 0 Å². The Kier molecular flexibility index (Phi) is 5.30. The minimum Gasteiger partial charge on any atom is -0.454 e. The van der Waals surface area contributed by atoms with Crippen LogP contribution in [0.1, 0.15) is 20.7 Å². The molecule has 126 valence electrons. The maximum atomic E-state index is 13.1. The Morgan fingerprint density at radius 3 is 2.50 bits per heavy atom. The third-order valence-corrected chi connectivity index (χ3v) is 3.51. The van der Waals surface area contributed by atoms with E-state index in [-0.39, 0.29) is 16.8 Å². The van der Waals surface area contributed by atoms with Gasteiger partial charge in [0.15, 0.2) is 12.4 Å². The highest BCUT2D eigenvalue weighted by atomic mass is 32.2. The lowest BCUT2D eigenvalue weighted by atomic mass is 10.1. The highest BCUT2D eigenvalue weighted by Crippen LogP contribution is 2.17. The monoisotopic (exact) mass is 351 g/mol. The van der Waals surface area contributed by atoms with Crippen LogP contribution in [0.25, 0.3) is 0 Å². The Morgan fingerprint density at radius 1 is 1.12 bits per heavy atom. The number of anilines is 1. The lowest BCUT2D eigenvalue weighted by Crippen LogP contribution is -2.17. The van der Waals surface area contributed by atoms with E-state index in [1.165, 1.54) is 36.4 Å². The summed E-state index contributed by atoms with van der Waals surface area (Å²) in [6, 6.07) is 10.8. The van der Waals surface area contributed by atoms with E-state index in [4.69, 9.17) is 4.74 Å². The van der Waals surface area contributed by atoms with Crippen LogP contribution in [0.15, 0.2) is 48.5 Å². The minimum absolute atomic E-state index is 0.0324. The summed E-state index contributed by atoms with van der Waals surface area (Å²) in [5, 5.41) is 0. The fourth-order valence-electron chi connectivity index (χ4n) is 1.90. The van der Waals surface area contributed by atoms with Crippen LogP contribution in [-0.4, -0.2) is 33.0 Å². The number of Topliss-reactive ketones (excluding diaryl/α,β-unsaturated/α-hetero) is 1. The molecule has 6 nitrogen and oxygen atoms in total. The van der Waals surface area contributed by atoms with Crippen molar-refractivity contribution in [3.8, 4) is 0 Å². The van der Waals surface area contributed by atoms with Crippen LogP contribution in [-0.2, 0) is 14.8 Å². The third-order valence-electron chi connectivity index (χ3n) is 2.92. The Hall–Kier alpha value is -2.74. The zero-order valence-corrected chi connectivity index (χ0v) is 13.5. The van der Waals surface area contributed by atoms with E-state index in [0.29, 0.717) is 0 Å². The summed E-state index contributed by atoms with van der Waals surface area (Å²) in [4.78, 5) is 24.0. The molecule has 1 N–H and O–H groups in total. The van der Waals surface area contributed by atoms with Crippen molar-refractivity contribution in [2.45, 2.75) is 0 Å². The highest BCUT2D eigenvalue weighted by molar-refractivity contribution is 7.92. The van der Waals surface area contributed by atoms with Gasteiger partial charge < -0.3 is 4.74 Å². The van der Waals surface area contributed by atoms with Crippen LogP contribution < -0.4 is 4.72 Å². The van der Waals surface area contributed by atoms with Gasteiger partial charge in [0.1, 0.15) is 5.82 Å². The molecule has 8 heteroatoms. The van der Waals surface area contributed by atoms with Crippen LogP contribution in [0.3, 0.4) is 0 Å². The van der Waals surface area contributed by atoms with Crippen molar-refractivity contribution in [3.63, 3.8) is 0 Å². The first-order chi connectivity index (χ1) is 11.3. The average Bonchev–Trinajstić information content (AvgIpc) is 2.51. The Morgan fingerprint density at radius 2 is 1.83 bits per heavy atom. The van der Waals surface area contributed by atoms with Crippen molar-refractivity contribution in [1.82, 2.24) is 0 Å². The molecule has 0 fully saturated rings. The number of benzene rings is 2. The van der Waals surface area contributed by atoms with Crippen molar-refractivity contribution >= 4 is 27.5 Å². The largest absolute Gasteiger partial charge is 0.454 e. The molecule has 0 atom stereocenters. The van der Waals surface area contributed by atoms with Crippen molar-refractivity contribution in [2.75, 3.05) is 17.6 Å². The number of carbonyl (C=O) groups is 2. The SMILES string of the molecule is CS(=O)(=O)Nc1ccccc1C(=O)OCC(=O)c1cccc(F)c1. The first kappa shape index (κ1) is 17.6. The number of hydrogen-bond donors (Lipinski definition) is 1. The number of rotatable bonds is 6. The van der Waals surface area contributed by atoms with Crippen LogP contribution in [0.4, 0.5) is 10.1 Å². The molecule has 0 bridgehead atoms. The quantitative estimate of drug-likeness (QED) is 0.637. The van der Waals surface area contributed by atoms with Crippen LogP contribution in [0, 0.1) is 5.82 Å². The molecule has 0 spiro atoms. The topological polar surface area (TPSA) is 89.5 Å². The van der Waals surface area contributed by atoms with Crippen molar-refractivity contribution < 1.29 is 27.1 Å². The second-order valence-corrected chi connectivity index (χ2v) is 6.68. The van der Waals surface area contributed by atoms with Crippen molar-refractivity contribution in [2.24, 2.45) is 0 Å². The van der Waals surface area contributed by atoms with Gasteiger partial charge in [0.2, 0.25) is 10.0 Å². The molecule has 0 heterocycles. The van der Waals surface area contributed by atoms with E-state index >= 15 is 0 Å². The van der Waals surface area contributed by atoms with Gasteiger partial charge >= 0.3 is 5.97 Å². The molecule has 0 aromatic heterocycles. The number of carbonyl (C=O) groups excluding carboxylic acids is 2. The standard InChI is InChI=1S/C16H14FNO5S/c1-24(21,22)18-14-8-3-2-7-13(14)16(20)23-10-15(19)11-5-4-6-12(17)9-11/h2-9,18H,10H2,1H3. The van der Waals surface area contributed by atoms with E-state index in [0.717, 1.165) is 12.3 Å². The number of sulfonamides is 1. The molecule has 2 aromatic rings. The average molecular weight is 351 g/mol. The third kappa shape index (κ3) is 4.88. The summed E-state index contributed by atoms with van der Waals surface area (Å²) in [7, 11) is -3.58. The summed E-state index contributed by atoms with van der Waals surface area (Å²) in [5.41, 5.74) is 0.0866. The van der Waals surface area contributed by atoms with E-state index in [1.807, 2.05) is 0 Å². The smallest absolute Gasteiger partial charge is 0.340 e. The van der Waals surface area contributed by atoms with E-state index in [2.05, 4.69) is 4.72 Å². The molecule has 24 heavy (non-hydrogen) atoms. The molecular weight excluding hydrogens is 337 g/mol. The molecule has 0 aliphatic carbocycles. The Labute approximate surface area is 138 Å². The van der Waals surface area contributed by atoms with Gasteiger partial charge in [-0.15, -0.1) is 0 Å². The highest BCUT2D eigenvalue weighted by Gasteiger charge is 2.17. The first-order valence-electron chi connectivity index (χ1n) is 6.79. The second kappa shape index (κ2) is 7.22.